The van der Waals surface area contributed by atoms with Crippen LogP contribution in [0.1, 0.15) is 66.3 Å². The zero-order valence-electron chi connectivity index (χ0n) is 17.1. The van der Waals surface area contributed by atoms with Crippen molar-refractivity contribution in [2.24, 2.45) is 0 Å². The van der Waals surface area contributed by atoms with Gasteiger partial charge in [0.1, 0.15) is 22.5 Å². The number of esters is 1. The zero-order valence-corrected chi connectivity index (χ0v) is 17.1. The Labute approximate surface area is 164 Å². The first-order valence-electron chi connectivity index (χ1n) is 9.47. The fraction of sp³-hybridized carbons (Fsp3) is 0.571. The highest BCUT2D eigenvalue weighted by Crippen LogP contribution is 2.42. The van der Waals surface area contributed by atoms with Crippen molar-refractivity contribution >= 4 is 17.8 Å². The highest BCUT2D eigenvalue weighted by atomic mass is 16.6. The number of hydrogen-bond acceptors (Lipinski definition) is 6. The number of carbonyl (C=O) groups excluding carboxylic acids is 3. The van der Waals surface area contributed by atoms with Crippen LogP contribution in [0.4, 0.5) is 4.79 Å². The number of nitrogens with zero attached hydrogens (tertiary/aromatic N) is 1. The van der Waals surface area contributed by atoms with E-state index < -0.39 is 17.2 Å². The molecule has 0 unspecified atom stereocenters. The first kappa shape index (κ1) is 20.2. The summed E-state index contributed by atoms with van der Waals surface area (Å²) in [4.78, 5) is 39.0. The highest BCUT2D eigenvalue weighted by Gasteiger charge is 2.45. The van der Waals surface area contributed by atoms with Crippen molar-refractivity contribution < 1.29 is 28.6 Å². The SMILES string of the molecule is COC(=O)c1c(C)ccc2c1OC1(CCN(C(=O)OC(C)(C)C)CC1)CC2=O. The summed E-state index contributed by atoms with van der Waals surface area (Å²) in [5.41, 5.74) is 0.115. The van der Waals surface area contributed by atoms with Gasteiger partial charge in [0, 0.05) is 25.9 Å². The first-order valence-corrected chi connectivity index (χ1v) is 9.47. The van der Waals surface area contributed by atoms with E-state index in [1.54, 1.807) is 24.0 Å². The van der Waals surface area contributed by atoms with E-state index >= 15 is 0 Å². The number of benzene rings is 1. The van der Waals surface area contributed by atoms with Gasteiger partial charge in [-0.3, -0.25) is 4.79 Å². The number of ether oxygens (including phenoxy) is 3. The van der Waals surface area contributed by atoms with Gasteiger partial charge >= 0.3 is 12.1 Å². The van der Waals surface area contributed by atoms with Gasteiger partial charge in [-0.1, -0.05) is 6.07 Å². The Morgan fingerprint density at radius 2 is 1.82 bits per heavy atom. The van der Waals surface area contributed by atoms with E-state index in [9.17, 15) is 14.4 Å². The predicted octanol–water partition coefficient (Wildman–Crippen LogP) is 3.52. The molecule has 0 bridgehead atoms. The van der Waals surface area contributed by atoms with E-state index in [1.165, 1.54) is 7.11 Å². The number of methoxy groups -OCH3 is 1. The Kier molecular flexibility index (Phi) is 5.12. The molecule has 0 radical (unpaired) electrons. The van der Waals surface area contributed by atoms with Crippen LogP contribution in [-0.4, -0.2) is 54.1 Å². The van der Waals surface area contributed by atoms with Gasteiger partial charge in [-0.05, 0) is 39.3 Å². The van der Waals surface area contributed by atoms with E-state index in [-0.39, 0.29) is 18.3 Å². The van der Waals surface area contributed by atoms with Gasteiger partial charge in [0.2, 0.25) is 0 Å². The zero-order chi connectivity index (χ0) is 20.7. The molecule has 0 aromatic heterocycles. The molecular formula is C21H27NO6. The fourth-order valence-electron chi connectivity index (χ4n) is 3.70. The van der Waals surface area contributed by atoms with Crippen LogP contribution in [0.2, 0.25) is 0 Å². The number of fused-ring (bicyclic) bond motifs is 1. The molecule has 2 aliphatic heterocycles. The number of ketones is 1. The molecule has 1 aromatic rings. The molecule has 28 heavy (non-hydrogen) atoms. The van der Waals surface area contributed by atoms with E-state index in [4.69, 9.17) is 14.2 Å². The molecule has 1 fully saturated rings. The Balaban J connectivity index is 1.83. The number of hydrogen-bond donors (Lipinski definition) is 0. The number of carbonyl (C=O) groups is 3. The number of likely N-dealkylation sites (tertiary alicyclic amines) is 1. The van der Waals surface area contributed by atoms with Crippen LogP contribution in [0.25, 0.3) is 0 Å². The van der Waals surface area contributed by atoms with Crippen molar-refractivity contribution in [2.45, 2.75) is 58.2 Å². The number of aryl methyl sites for hydroxylation is 1. The van der Waals surface area contributed by atoms with Crippen LogP contribution < -0.4 is 4.74 Å². The summed E-state index contributed by atoms with van der Waals surface area (Å²) in [6.45, 7) is 8.12. The molecule has 0 N–H and O–H groups in total. The third-order valence-corrected chi connectivity index (χ3v) is 5.18. The van der Waals surface area contributed by atoms with Gasteiger partial charge in [-0.15, -0.1) is 0 Å². The highest BCUT2D eigenvalue weighted by molar-refractivity contribution is 6.05. The van der Waals surface area contributed by atoms with E-state index in [1.807, 2.05) is 20.8 Å². The predicted molar refractivity (Wildman–Crippen MR) is 102 cm³/mol. The van der Waals surface area contributed by atoms with Crippen LogP contribution in [0, 0.1) is 6.92 Å². The topological polar surface area (TPSA) is 82.1 Å². The lowest BCUT2D eigenvalue weighted by Gasteiger charge is -2.44. The van der Waals surface area contributed by atoms with Crippen molar-refractivity contribution in [2.75, 3.05) is 20.2 Å². The molecule has 0 aliphatic carbocycles. The van der Waals surface area contributed by atoms with Gasteiger partial charge < -0.3 is 19.1 Å². The molecule has 3 rings (SSSR count). The molecule has 2 heterocycles. The summed E-state index contributed by atoms with van der Waals surface area (Å²) >= 11 is 0. The number of piperidine rings is 1. The molecule has 2 aliphatic rings. The maximum atomic E-state index is 12.8. The molecule has 1 aromatic carbocycles. The van der Waals surface area contributed by atoms with Gasteiger partial charge in [0.15, 0.2) is 5.78 Å². The van der Waals surface area contributed by atoms with Crippen LogP contribution in [0.3, 0.4) is 0 Å². The molecule has 1 saturated heterocycles. The molecule has 7 nitrogen and oxygen atoms in total. The Hall–Kier alpha value is -2.57. The largest absolute Gasteiger partial charge is 0.485 e. The summed E-state index contributed by atoms with van der Waals surface area (Å²) in [6.07, 6.45) is 0.847. The maximum absolute atomic E-state index is 12.8. The Morgan fingerprint density at radius 1 is 1.18 bits per heavy atom. The van der Waals surface area contributed by atoms with Crippen LogP contribution in [0.5, 0.6) is 5.75 Å². The lowest BCUT2D eigenvalue weighted by atomic mass is 9.81. The molecule has 152 valence electrons. The summed E-state index contributed by atoms with van der Waals surface area (Å²) in [5.74, 6) is -0.281. The third-order valence-electron chi connectivity index (χ3n) is 5.18. The quantitative estimate of drug-likeness (QED) is 0.684. The summed E-state index contributed by atoms with van der Waals surface area (Å²) in [7, 11) is 1.31. The second-order valence-electron chi connectivity index (χ2n) is 8.48. The monoisotopic (exact) mass is 389 g/mol. The first-order chi connectivity index (χ1) is 13.1. The average Bonchev–Trinajstić information content (AvgIpc) is 2.60. The average molecular weight is 389 g/mol. The second-order valence-corrected chi connectivity index (χ2v) is 8.48. The standard InChI is InChI=1S/C21H27NO6/c1-13-6-7-14-15(23)12-21(27-17(14)16(13)18(24)26-5)8-10-22(11-9-21)19(25)28-20(2,3)4/h6-7H,8-12H2,1-5H3. The normalized spacial score (nSPS) is 18.3. The van der Waals surface area contributed by atoms with Crippen LogP contribution in [-0.2, 0) is 9.47 Å². The molecule has 1 spiro atoms. The van der Waals surface area contributed by atoms with Crippen LogP contribution in [0.15, 0.2) is 12.1 Å². The van der Waals surface area contributed by atoms with Gasteiger partial charge in [0.25, 0.3) is 0 Å². The van der Waals surface area contributed by atoms with Crippen molar-refractivity contribution in [1.29, 1.82) is 0 Å². The molecule has 1 amide bonds. The molecule has 0 atom stereocenters. The van der Waals surface area contributed by atoms with Crippen molar-refractivity contribution in [3.05, 3.63) is 28.8 Å². The molecular weight excluding hydrogens is 362 g/mol. The van der Waals surface area contributed by atoms with Crippen molar-refractivity contribution in [3.63, 3.8) is 0 Å². The lowest BCUT2D eigenvalue weighted by molar-refractivity contribution is -0.0230. The second kappa shape index (κ2) is 7.11. The molecule has 0 saturated carbocycles. The van der Waals surface area contributed by atoms with Gasteiger partial charge in [-0.2, -0.15) is 0 Å². The Bertz CT molecular complexity index is 815. The summed E-state index contributed by atoms with van der Waals surface area (Å²) in [6, 6.07) is 3.43. The number of Topliss-reactive ketones (excluding diaryl/α,β-unsaturated/α-hetero) is 1. The third kappa shape index (κ3) is 3.84. The van der Waals surface area contributed by atoms with Gasteiger partial charge in [-0.25, -0.2) is 9.59 Å². The fourth-order valence-corrected chi connectivity index (χ4v) is 3.70. The van der Waals surface area contributed by atoms with E-state index in [2.05, 4.69) is 0 Å². The Morgan fingerprint density at radius 3 is 2.39 bits per heavy atom. The number of amides is 1. The minimum Gasteiger partial charge on any atom is -0.485 e. The maximum Gasteiger partial charge on any atom is 0.410 e. The number of rotatable bonds is 1. The molecule has 7 heteroatoms. The smallest absolute Gasteiger partial charge is 0.410 e. The van der Waals surface area contributed by atoms with E-state index in [0.717, 1.165) is 0 Å². The van der Waals surface area contributed by atoms with Crippen molar-refractivity contribution in [3.8, 4) is 5.75 Å². The summed E-state index contributed by atoms with van der Waals surface area (Å²) < 4.78 is 16.6. The van der Waals surface area contributed by atoms with Crippen molar-refractivity contribution in [1.82, 2.24) is 4.90 Å². The minimum absolute atomic E-state index is 0.0582. The van der Waals surface area contributed by atoms with E-state index in [0.29, 0.717) is 48.4 Å². The van der Waals surface area contributed by atoms with Gasteiger partial charge in [0.05, 0.1) is 19.1 Å². The lowest BCUT2D eigenvalue weighted by Crippen LogP contribution is -2.53. The minimum atomic E-state index is -0.723. The summed E-state index contributed by atoms with van der Waals surface area (Å²) in [5, 5.41) is 0. The van der Waals surface area contributed by atoms with Crippen LogP contribution >= 0.6 is 0 Å².